The van der Waals surface area contributed by atoms with E-state index >= 15 is 0 Å². The molecular weight excluding hydrogens is 566 g/mol. The van der Waals surface area contributed by atoms with Gasteiger partial charge < -0.3 is 18.6 Å². The first kappa shape index (κ1) is 31.3. The molecule has 0 saturated heterocycles. The van der Waals surface area contributed by atoms with Crippen molar-refractivity contribution in [1.29, 1.82) is 0 Å². The average Bonchev–Trinajstić information content (AvgIpc) is 3.38. The Kier molecular flexibility index (Phi) is 9.39. The van der Waals surface area contributed by atoms with Gasteiger partial charge >= 0.3 is 5.97 Å². The summed E-state index contributed by atoms with van der Waals surface area (Å²) in [7, 11) is -0.951. The van der Waals surface area contributed by atoms with E-state index in [2.05, 4.69) is 50.6 Å². The van der Waals surface area contributed by atoms with Crippen LogP contribution in [0.15, 0.2) is 85.2 Å². The Morgan fingerprint density at radius 2 is 1.59 bits per heavy atom. The lowest BCUT2D eigenvalue weighted by atomic mass is 9.83. The van der Waals surface area contributed by atoms with Gasteiger partial charge in [0.2, 0.25) is 5.91 Å². The van der Waals surface area contributed by atoms with Crippen LogP contribution in [-0.2, 0) is 39.3 Å². The predicted molar refractivity (Wildman–Crippen MR) is 174 cm³/mol. The van der Waals surface area contributed by atoms with Crippen LogP contribution in [-0.4, -0.2) is 48.0 Å². The molecule has 0 aliphatic carbocycles. The molecule has 1 atom stereocenters. The van der Waals surface area contributed by atoms with Gasteiger partial charge in [-0.25, -0.2) is 9.78 Å². The molecule has 1 aliphatic rings. The molecule has 0 fully saturated rings. The molecule has 0 N–H and O–H groups in total. The minimum atomic E-state index is -0.951. The number of hydrogen-bond donors (Lipinski definition) is 0. The summed E-state index contributed by atoms with van der Waals surface area (Å²) in [5, 5.41) is 0. The Balaban J connectivity index is 1.52. The van der Waals surface area contributed by atoms with E-state index in [1.165, 1.54) is 5.56 Å². The molecule has 1 unspecified atom stereocenters. The SMILES string of the molecule is CCOC(=O)C1Cc2c(ncn2Cc2cccc(O[Si](C)C)c2C(C)(C)C)CN1C(=O)C(c1ccccc1)c1ccccc1. The van der Waals surface area contributed by atoms with Crippen molar-refractivity contribution < 1.29 is 18.8 Å². The van der Waals surface area contributed by atoms with Gasteiger partial charge in [-0.3, -0.25) is 4.79 Å². The summed E-state index contributed by atoms with van der Waals surface area (Å²) in [6.45, 7) is 13.7. The van der Waals surface area contributed by atoms with Crippen LogP contribution >= 0.6 is 0 Å². The average molecular weight is 609 g/mol. The van der Waals surface area contributed by atoms with Crippen molar-refractivity contribution in [3.05, 3.63) is 119 Å². The van der Waals surface area contributed by atoms with Crippen LogP contribution < -0.4 is 4.43 Å². The maximum absolute atomic E-state index is 14.5. The van der Waals surface area contributed by atoms with Gasteiger partial charge in [-0.05, 0) is 48.2 Å². The molecule has 1 aromatic heterocycles. The van der Waals surface area contributed by atoms with E-state index in [1.54, 1.807) is 11.8 Å². The first-order valence-electron chi connectivity index (χ1n) is 15.3. The van der Waals surface area contributed by atoms with Crippen LogP contribution in [0, 0.1) is 0 Å². The largest absolute Gasteiger partial charge is 0.542 e. The zero-order valence-electron chi connectivity index (χ0n) is 26.5. The molecule has 8 heteroatoms. The molecule has 44 heavy (non-hydrogen) atoms. The summed E-state index contributed by atoms with van der Waals surface area (Å²) in [6, 6.07) is 25.0. The molecule has 1 amide bonds. The van der Waals surface area contributed by atoms with Crippen LogP contribution in [0.1, 0.15) is 67.3 Å². The van der Waals surface area contributed by atoms with E-state index in [0.717, 1.165) is 33.8 Å². The van der Waals surface area contributed by atoms with Crippen LogP contribution in [0.4, 0.5) is 0 Å². The van der Waals surface area contributed by atoms with E-state index in [0.29, 0.717) is 13.0 Å². The molecule has 4 aromatic rings. The molecule has 3 aromatic carbocycles. The minimum Gasteiger partial charge on any atom is -0.542 e. The molecular formula is C36H42N3O4Si. The highest BCUT2D eigenvalue weighted by Crippen LogP contribution is 2.37. The van der Waals surface area contributed by atoms with Crippen LogP contribution in [0.5, 0.6) is 5.75 Å². The van der Waals surface area contributed by atoms with Crippen LogP contribution in [0.25, 0.3) is 0 Å². The first-order valence-corrected chi connectivity index (χ1v) is 17.7. The molecule has 0 spiro atoms. The summed E-state index contributed by atoms with van der Waals surface area (Å²) >= 11 is 0. The van der Waals surface area contributed by atoms with Gasteiger partial charge in [-0.2, -0.15) is 0 Å². The zero-order chi connectivity index (χ0) is 31.4. The molecule has 5 rings (SSSR count). The number of nitrogens with zero attached hydrogens (tertiary/aromatic N) is 3. The lowest BCUT2D eigenvalue weighted by Gasteiger charge is -2.36. The number of rotatable bonds is 9. The quantitative estimate of drug-likeness (QED) is 0.160. The number of fused-ring (bicyclic) bond motifs is 1. The van der Waals surface area contributed by atoms with Crippen molar-refractivity contribution in [2.24, 2.45) is 0 Å². The monoisotopic (exact) mass is 608 g/mol. The van der Waals surface area contributed by atoms with E-state index < -0.39 is 27.0 Å². The second-order valence-corrected chi connectivity index (χ2v) is 14.5. The van der Waals surface area contributed by atoms with E-state index in [9.17, 15) is 9.59 Å². The maximum atomic E-state index is 14.5. The number of carbonyl (C=O) groups excluding carboxylic acids is 2. The number of carbonyl (C=O) groups is 2. The fraction of sp³-hybridized carbons (Fsp3) is 0.361. The Morgan fingerprint density at radius 3 is 2.16 bits per heavy atom. The number of amides is 1. The highest BCUT2D eigenvalue weighted by molar-refractivity contribution is 6.49. The first-order chi connectivity index (χ1) is 21.1. The second-order valence-electron chi connectivity index (χ2n) is 12.5. The number of ether oxygens (including phenoxy) is 1. The van der Waals surface area contributed by atoms with Crippen molar-refractivity contribution in [2.75, 3.05) is 6.61 Å². The van der Waals surface area contributed by atoms with E-state index in [-0.39, 0.29) is 24.5 Å². The summed E-state index contributed by atoms with van der Waals surface area (Å²) in [4.78, 5) is 34.4. The number of imidazole rings is 1. The topological polar surface area (TPSA) is 73.7 Å². The number of esters is 1. The van der Waals surface area contributed by atoms with Gasteiger partial charge in [0.1, 0.15) is 11.8 Å². The van der Waals surface area contributed by atoms with Gasteiger partial charge in [0.25, 0.3) is 9.04 Å². The van der Waals surface area contributed by atoms with Gasteiger partial charge in [0.05, 0.1) is 31.1 Å². The number of aromatic nitrogens is 2. The van der Waals surface area contributed by atoms with Crippen molar-refractivity contribution >= 4 is 20.9 Å². The normalized spacial score (nSPS) is 14.9. The lowest BCUT2D eigenvalue weighted by molar-refractivity contribution is -0.156. The minimum absolute atomic E-state index is 0.134. The third-order valence-corrected chi connectivity index (χ3v) is 8.62. The summed E-state index contributed by atoms with van der Waals surface area (Å²) in [6.07, 6.45) is 2.16. The Bertz CT molecular complexity index is 1560. The smallest absolute Gasteiger partial charge is 0.329 e. The van der Waals surface area contributed by atoms with E-state index in [4.69, 9.17) is 14.1 Å². The molecule has 2 heterocycles. The van der Waals surface area contributed by atoms with E-state index in [1.807, 2.05) is 73.1 Å². The molecule has 0 saturated carbocycles. The molecule has 1 radical (unpaired) electrons. The maximum Gasteiger partial charge on any atom is 0.329 e. The summed E-state index contributed by atoms with van der Waals surface area (Å²) in [5.41, 5.74) is 5.70. The van der Waals surface area contributed by atoms with Gasteiger partial charge in [-0.15, -0.1) is 0 Å². The Labute approximate surface area is 262 Å². The van der Waals surface area contributed by atoms with Gasteiger partial charge in [0, 0.05) is 24.2 Å². The van der Waals surface area contributed by atoms with Crippen molar-refractivity contribution in [3.8, 4) is 5.75 Å². The fourth-order valence-corrected chi connectivity index (χ4v) is 6.79. The second kappa shape index (κ2) is 13.2. The predicted octanol–water partition coefficient (Wildman–Crippen LogP) is 6.51. The zero-order valence-corrected chi connectivity index (χ0v) is 27.5. The van der Waals surface area contributed by atoms with Crippen LogP contribution in [0.2, 0.25) is 13.1 Å². The Morgan fingerprint density at radius 1 is 0.955 bits per heavy atom. The standard InChI is InChI=1S/C36H42N3O4Si/c1-7-42-35(41)30-21-29-28(23-39(30)34(40)32(25-15-10-8-11-16-25)26-17-12-9-13-18-26)37-24-38(29)22-27-19-14-20-31(43-44(5)6)33(27)36(2,3)4/h8-20,24,30,32H,7,21-23H2,1-6H3. The number of benzene rings is 3. The molecule has 0 bridgehead atoms. The number of hydrogen-bond acceptors (Lipinski definition) is 5. The van der Waals surface area contributed by atoms with Crippen LogP contribution in [0.3, 0.4) is 0 Å². The highest BCUT2D eigenvalue weighted by atomic mass is 28.3. The summed E-state index contributed by atoms with van der Waals surface area (Å²) < 4.78 is 14.0. The third-order valence-electron chi connectivity index (χ3n) is 7.99. The van der Waals surface area contributed by atoms with Crippen molar-refractivity contribution in [3.63, 3.8) is 0 Å². The molecule has 229 valence electrons. The van der Waals surface area contributed by atoms with Gasteiger partial charge in [-0.1, -0.05) is 93.6 Å². The Hall–Kier alpha value is -4.17. The third kappa shape index (κ3) is 6.65. The lowest BCUT2D eigenvalue weighted by Crippen LogP contribution is -2.51. The van der Waals surface area contributed by atoms with Crippen molar-refractivity contribution in [1.82, 2.24) is 14.5 Å². The van der Waals surface area contributed by atoms with Crippen molar-refractivity contribution in [2.45, 2.75) is 77.7 Å². The molecule has 1 aliphatic heterocycles. The summed E-state index contributed by atoms with van der Waals surface area (Å²) in [5.74, 6) is -0.168. The highest BCUT2D eigenvalue weighted by Gasteiger charge is 2.41. The fourth-order valence-electron chi connectivity index (χ4n) is 6.18. The van der Waals surface area contributed by atoms with Gasteiger partial charge in [0.15, 0.2) is 0 Å². The molecule has 7 nitrogen and oxygen atoms in total.